The topological polar surface area (TPSA) is 182 Å². The smallest absolute Gasteiger partial charge is 0.255 e. The van der Waals surface area contributed by atoms with Gasteiger partial charge in [0.05, 0.1) is 17.7 Å². The van der Waals surface area contributed by atoms with E-state index in [1.54, 1.807) is 0 Å². The van der Waals surface area contributed by atoms with Crippen LogP contribution in [-0.2, 0) is 14.4 Å². The molecule has 3 aliphatic rings. The van der Waals surface area contributed by atoms with E-state index in [0.717, 1.165) is 0 Å². The molecular formula is C21H22Cl2N2O8. The van der Waals surface area contributed by atoms with Gasteiger partial charge < -0.3 is 31.3 Å². The van der Waals surface area contributed by atoms with Crippen LogP contribution in [-0.4, -0.2) is 73.6 Å². The van der Waals surface area contributed by atoms with Crippen LogP contribution in [0.2, 0.25) is 5.02 Å². The number of hydrogen-bond acceptors (Lipinski definition) is 9. The number of nitrogens with zero attached hydrogens (tertiary/aromatic N) is 1. The summed E-state index contributed by atoms with van der Waals surface area (Å²) in [6.07, 6.45) is -1.70. The molecule has 7 N–H and O–H groups in total. The number of benzene rings is 1. The Hall–Kier alpha value is -2.63. The van der Waals surface area contributed by atoms with Gasteiger partial charge in [-0.2, -0.15) is 0 Å². The molecule has 0 aromatic heterocycles. The number of aliphatic hydroxyl groups is 4. The van der Waals surface area contributed by atoms with Crippen LogP contribution in [0.25, 0.3) is 5.76 Å². The minimum atomic E-state index is -2.77. The van der Waals surface area contributed by atoms with Gasteiger partial charge in [-0.3, -0.25) is 19.3 Å². The Morgan fingerprint density at radius 2 is 1.82 bits per heavy atom. The maximum absolute atomic E-state index is 13.6. The van der Waals surface area contributed by atoms with Gasteiger partial charge in [0.2, 0.25) is 5.78 Å². The molecule has 4 rings (SSSR count). The summed E-state index contributed by atoms with van der Waals surface area (Å²) in [5, 5.41) is 54.4. The van der Waals surface area contributed by atoms with Gasteiger partial charge in [0.1, 0.15) is 22.8 Å². The Kier molecular flexibility index (Phi) is 6.06. The molecule has 0 aliphatic heterocycles. The first-order chi connectivity index (χ1) is 14.8. The molecule has 10 nitrogen and oxygen atoms in total. The van der Waals surface area contributed by atoms with E-state index >= 15 is 0 Å². The van der Waals surface area contributed by atoms with Crippen molar-refractivity contribution in [3.8, 4) is 5.75 Å². The molecule has 12 heteroatoms. The summed E-state index contributed by atoms with van der Waals surface area (Å²) < 4.78 is 0. The van der Waals surface area contributed by atoms with Crippen LogP contribution in [0.4, 0.5) is 0 Å². The summed E-state index contributed by atoms with van der Waals surface area (Å²) in [5.41, 5.74) is 0.845. The van der Waals surface area contributed by atoms with Crippen molar-refractivity contribution >= 4 is 47.2 Å². The Labute approximate surface area is 199 Å². The first-order valence-electron chi connectivity index (χ1n) is 9.69. The lowest BCUT2D eigenvalue weighted by Crippen LogP contribution is -2.66. The standard InChI is InChI=1S/C21H21ClN2O8.ClH/c1-24(2)14-7-5-6-10(16(27)12-9(25)4-3-8(22)11(12)15(6)26)18(29)21(7,32)19(30)13(17(14)28)20(23)31;/h3-4,6-7,14-15,25-27,30,32H,5H2,1-2H3,(H2,23,31);1H/t6-,7-,14?,15-,21-;/m0./s1. The van der Waals surface area contributed by atoms with Crippen molar-refractivity contribution in [2.75, 3.05) is 14.1 Å². The minimum Gasteiger partial charge on any atom is -0.508 e. The Morgan fingerprint density at radius 3 is 2.36 bits per heavy atom. The third kappa shape index (κ3) is 3.09. The molecule has 1 fully saturated rings. The molecule has 0 saturated heterocycles. The Morgan fingerprint density at radius 1 is 1.21 bits per heavy atom. The number of phenolic OH excluding ortho intramolecular Hbond substituents is 1. The SMILES string of the molecule is CN(C)C1C(=O)C(C(N)=O)=C(O)[C@@]2(O)C(=O)C3=C(O)c4c(O)ccc(Cl)c4[C@@H](O)[C@H]3C[C@@H]12.Cl. The number of ketones is 2. The van der Waals surface area contributed by atoms with Crippen LogP contribution in [0.15, 0.2) is 29.0 Å². The van der Waals surface area contributed by atoms with Crippen LogP contribution < -0.4 is 5.73 Å². The van der Waals surface area contributed by atoms with Gasteiger partial charge >= 0.3 is 0 Å². The Bertz CT molecular complexity index is 1160. The van der Waals surface area contributed by atoms with Crippen molar-refractivity contribution in [1.29, 1.82) is 0 Å². The predicted octanol–water partition coefficient (Wildman–Crippen LogP) is 0.530. The van der Waals surface area contributed by atoms with E-state index in [-0.39, 0.29) is 35.0 Å². The monoisotopic (exact) mass is 500 g/mol. The summed E-state index contributed by atoms with van der Waals surface area (Å²) in [7, 11) is 2.97. The average molecular weight is 501 g/mol. The molecule has 0 spiro atoms. The number of carbonyl (C=O) groups excluding carboxylic acids is 3. The zero-order valence-corrected chi connectivity index (χ0v) is 19.0. The van der Waals surface area contributed by atoms with Crippen molar-refractivity contribution in [2.24, 2.45) is 17.6 Å². The van der Waals surface area contributed by atoms with Crippen LogP contribution in [0.5, 0.6) is 5.75 Å². The molecule has 178 valence electrons. The molecule has 0 bridgehead atoms. The van der Waals surface area contributed by atoms with Crippen LogP contribution in [0.3, 0.4) is 0 Å². The second-order valence-corrected chi connectivity index (χ2v) is 8.87. The van der Waals surface area contributed by atoms with Crippen molar-refractivity contribution in [1.82, 2.24) is 4.90 Å². The number of carbonyl (C=O) groups is 3. The number of amides is 1. The zero-order chi connectivity index (χ0) is 23.9. The summed E-state index contributed by atoms with van der Waals surface area (Å²) in [5.74, 6) is -8.19. The summed E-state index contributed by atoms with van der Waals surface area (Å²) in [4.78, 5) is 39.8. The number of rotatable bonds is 2. The van der Waals surface area contributed by atoms with Crippen molar-refractivity contribution < 1.29 is 39.9 Å². The maximum atomic E-state index is 13.6. The second kappa shape index (κ2) is 8.00. The molecule has 3 aliphatic carbocycles. The number of Topliss-reactive ketones (excluding diaryl/α,β-unsaturated/α-hetero) is 2. The lowest BCUT2D eigenvalue weighted by Gasteiger charge is -2.51. The number of aliphatic hydroxyl groups excluding tert-OH is 3. The van der Waals surface area contributed by atoms with Crippen molar-refractivity contribution in [3.63, 3.8) is 0 Å². The lowest BCUT2D eigenvalue weighted by atomic mass is 9.57. The average Bonchev–Trinajstić information content (AvgIpc) is 2.69. The first-order valence-corrected chi connectivity index (χ1v) is 10.1. The molecular weight excluding hydrogens is 479 g/mol. The number of nitrogens with two attached hydrogens (primary N) is 1. The highest BCUT2D eigenvalue weighted by Gasteiger charge is 2.65. The fourth-order valence-electron chi connectivity index (χ4n) is 5.24. The quantitative estimate of drug-likeness (QED) is 0.315. The van der Waals surface area contributed by atoms with E-state index in [1.807, 2.05) is 0 Å². The molecule has 0 radical (unpaired) electrons. The third-order valence-electron chi connectivity index (χ3n) is 6.64. The fourth-order valence-corrected chi connectivity index (χ4v) is 5.51. The summed E-state index contributed by atoms with van der Waals surface area (Å²) in [6, 6.07) is 1.25. The normalized spacial score (nSPS) is 31.1. The van der Waals surface area contributed by atoms with E-state index in [9.17, 15) is 39.9 Å². The number of likely N-dealkylation sites (N-methyl/N-ethyl adjacent to an activating group) is 1. The predicted molar refractivity (Wildman–Crippen MR) is 118 cm³/mol. The number of primary amides is 1. The van der Waals surface area contributed by atoms with E-state index < -0.39 is 75.5 Å². The minimum absolute atomic E-state index is 0. The van der Waals surface area contributed by atoms with Crippen LogP contribution in [0, 0.1) is 11.8 Å². The summed E-state index contributed by atoms with van der Waals surface area (Å²) in [6.45, 7) is 0. The molecule has 0 heterocycles. The van der Waals surface area contributed by atoms with Gasteiger partial charge in [0.15, 0.2) is 11.4 Å². The van der Waals surface area contributed by atoms with E-state index in [2.05, 4.69) is 0 Å². The van der Waals surface area contributed by atoms with Crippen LogP contribution in [0.1, 0.15) is 23.7 Å². The first kappa shape index (κ1) is 25.0. The Balaban J connectivity index is 0.00000306. The van der Waals surface area contributed by atoms with Gasteiger partial charge in [-0.1, -0.05) is 11.6 Å². The van der Waals surface area contributed by atoms with E-state index in [4.69, 9.17) is 17.3 Å². The highest BCUT2D eigenvalue weighted by atomic mass is 35.5. The van der Waals surface area contributed by atoms with E-state index in [1.165, 1.54) is 31.1 Å². The highest BCUT2D eigenvalue weighted by Crippen LogP contribution is 2.56. The molecule has 1 saturated carbocycles. The van der Waals surface area contributed by atoms with Crippen molar-refractivity contribution in [3.05, 3.63) is 45.2 Å². The van der Waals surface area contributed by atoms with Gasteiger partial charge in [-0.05, 0) is 32.6 Å². The number of halogens is 2. The van der Waals surface area contributed by atoms with Gasteiger partial charge in [0, 0.05) is 28.0 Å². The zero-order valence-electron chi connectivity index (χ0n) is 17.4. The lowest BCUT2D eigenvalue weighted by molar-refractivity contribution is -0.155. The highest BCUT2D eigenvalue weighted by molar-refractivity contribution is 6.32. The van der Waals surface area contributed by atoms with Crippen LogP contribution >= 0.6 is 24.0 Å². The number of hydrogen-bond donors (Lipinski definition) is 6. The number of fused-ring (bicyclic) bond motifs is 3. The largest absolute Gasteiger partial charge is 0.508 e. The molecule has 1 aromatic rings. The van der Waals surface area contributed by atoms with Gasteiger partial charge in [-0.15, -0.1) is 12.4 Å². The number of aromatic hydroxyl groups is 1. The van der Waals surface area contributed by atoms with Gasteiger partial charge in [-0.25, -0.2) is 0 Å². The van der Waals surface area contributed by atoms with Crippen molar-refractivity contribution in [2.45, 2.75) is 24.2 Å². The second-order valence-electron chi connectivity index (χ2n) is 8.47. The third-order valence-corrected chi connectivity index (χ3v) is 6.97. The number of phenols is 1. The molecule has 33 heavy (non-hydrogen) atoms. The maximum Gasteiger partial charge on any atom is 0.255 e. The molecule has 5 atom stereocenters. The molecule has 1 amide bonds. The van der Waals surface area contributed by atoms with Gasteiger partial charge in [0.25, 0.3) is 5.91 Å². The summed E-state index contributed by atoms with van der Waals surface area (Å²) >= 11 is 6.19. The molecule has 1 unspecified atom stereocenters. The van der Waals surface area contributed by atoms with E-state index in [0.29, 0.717) is 0 Å². The fraction of sp³-hybridized carbons (Fsp3) is 0.381. The molecule has 1 aromatic carbocycles.